The van der Waals surface area contributed by atoms with E-state index in [2.05, 4.69) is 0 Å². The Morgan fingerprint density at radius 3 is 1.05 bits per heavy atom. The first-order valence-corrected chi connectivity index (χ1v) is 10.3. The molecule has 0 saturated carbocycles. The molecular formula is C9H18Cl2N2O7Pt. The SMILES string of the molecule is CC(=O)CCC(=O)O.O=C(O)CCC(=O)O.[Cl][Pt+2][Cl].[NH2-].[NH2-]. The van der Waals surface area contributed by atoms with Crippen LogP contribution in [0.15, 0.2) is 0 Å². The number of rotatable bonds is 6. The van der Waals surface area contributed by atoms with Gasteiger partial charge in [-0.15, -0.1) is 0 Å². The molecule has 9 nitrogen and oxygen atoms in total. The van der Waals surface area contributed by atoms with E-state index in [1.165, 1.54) is 6.92 Å². The number of carboxylic acid groups (broad SMARTS) is 3. The summed E-state index contributed by atoms with van der Waals surface area (Å²) in [5.41, 5.74) is 0. The summed E-state index contributed by atoms with van der Waals surface area (Å²) < 4.78 is 0. The van der Waals surface area contributed by atoms with Crippen molar-refractivity contribution in [3.8, 4) is 0 Å². The van der Waals surface area contributed by atoms with Crippen LogP contribution in [0, 0.1) is 0 Å². The smallest absolute Gasteiger partial charge is 0.693 e. The van der Waals surface area contributed by atoms with Gasteiger partial charge in [-0.05, 0) is 6.92 Å². The number of carbonyl (C=O) groups excluding carboxylic acids is 1. The van der Waals surface area contributed by atoms with Gasteiger partial charge in [0.25, 0.3) is 0 Å². The summed E-state index contributed by atoms with van der Waals surface area (Å²) in [6.45, 7) is 1.38. The van der Waals surface area contributed by atoms with E-state index in [0.717, 1.165) is 0 Å². The molecule has 0 spiro atoms. The molecule has 0 aromatic heterocycles. The molecule has 7 N–H and O–H groups in total. The Labute approximate surface area is 138 Å². The second-order valence-corrected chi connectivity index (χ2v) is 6.21. The fourth-order valence-corrected chi connectivity index (χ4v) is 0.497. The molecule has 130 valence electrons. The van der Waals surface area contributed by atoms with Crippen molar-refractivity contribution < 1.29 is 51.0 Å². The number of Topliss-reactive ketones (excluding diaryl/α,β-unsaturated/α-hetero) is 1. The normalized spacial score (nSPS) is 7.57. The number of ketones is 1. The average molecular weight is 532 g/mol. The van der Waals surface area contributed by atoms with E-state index in [0.29, 0.717) is 0 Å². The Balaban J connectivity index is -0.0000000634. The van der Waals surface area contributed by atoms with Crippen molar-refractivity contribution in [3.63, 3.8) is 0 Å². The second kappa shape index (κ2) is 24.3. The summed E-state index contributed by atoms with van der Waals surface area (Å²) in [5.74, 6) is -3.15. The van der Waals surface area contributed by atoms with Crippen molar-refractivity contribution in [2.75, 3.05) is 0 Å². The third kappa shape index (κ3) is 66.9. The van der Waals surface area contributed by atoms with E-state index in [1.807, 2.05) is 0 Å². The summed E-state index contributed by atoms with van der Waals surface area (Å²) in [6, 6.07) is 0. The first-order valence-electron chi connectivity index (χ1n) is 4.64. The molecule has 0 unspecified atom stereocenters. The van der Waals surface area contributed by atoms with E-state index < -0.39 is 34.4 Å². The van der Waals surface area contributed by atoms with E-state index in [9.17, 15) is 19.2 Å². The van der Waals surface area contributed by atoms with E-state index in [4.69, 9.17) is 34.2 Å². The molecule has 0 bridgehead atoms. The van der Waals surface area contributed by atoms with Gasteiger partial charge < -0.3 is 32.4 Å². The molecule has 0 fully saturated rings. The van der Waals surface area contributed by atoms with Gasteiger partial charge in [0, 0.05) is 6.42 Å². The Hall–Kier alpha value is -0.732. The minimum absolute atomic E-state index is 0. The van der Waals surface area contributed by atoms with Crippen molar-refractivity contribution in [2.45, 2.75) is 32.6 Å². The second-order valence-electron chi connectivity index (χ2n) is 2.93. The Morgan fingerprint density at radius 2 is 0.952 bits per heavy atom. The number of halogens is 2. The molecule has 0 atom stereocenters. The Morgan fingerprint density at radius 1 is 0.762 bits per heavy atom. The number of carboxylic acids is 3. The molecule has 0 heterocycles. The van der Waals surface area contributed by atoms with Gasteiger partial charge in [0.05, 0.1) is 19.3 Å². The van der Waals surface area contributed by atoms with Gasteiger partial charge in [-0.3, -0.25) is 14.4 Å². The van der Waals surface area contributed by atoms with Crippen molar-refractivity contribution in [1.82, 2.24) is 0 Å². The summed E-state index contributed by atoms with van der Waals surface area (Å²) in [5, 5.41) is 23.8. The van der Waals surface area contributed by atoms with Crippen molar-refractivity contribution in [1.29, 1.82) is 0 Å². The zero-order valence-corrected chi connectivity index (χ0v) is 14.8. The molecule has 0 aromatic rings. The molecule has 21 heavy (non-hydrogen) atoms. The van der Waals surface area contributed by atoms with Crippen LogP contribution in [0.4, 0.5) is 0 Å². The van der Waals surface area contributed by atoms with Crippen LogP contribution in [-0.2, 0) is 35.7 Å². The summed E-state index contributed by atoms with van der Waals surface area (Å²) >= 11 is -0.472. The molecular weight excluding hydrogens is 514 g/mol. The van der Waals surface area contributed by atoms with Crippen LogP contribution in [0.3, 0.4) is 0 Å². The summed E-state index contributed by atoms with van der Waals surface area (Å²) in [7, 11) is 9.75. The third-order valence-electron chi connectivity index (χ3n) is 1.24. The molecule has 0 amide bonds. The van der Waals surface area contributed by atoms with Crippen LogP contribution in [0.25, 0.3) is 12.3 Å². The van der Waals surface area contributed by atoms with Crippen LogP contribution >= 0.6 is 18.8 Å². The van der Waals surface area contributed by atoms with E-state index >= 15 is 0 Å². The molecule has 0 saturated heterocycles. The van der Waals surface area contributed by atoms with Crippen LogP contribution in [0.1, 0.15) is 32.6 Å². The van der Waals surface area contributed by atoms with E-state index in [-0.39, 0.29) is 43.8 Å². The number of aliphatic carboxylic acids is 3. The third-order valence-corrected chi connectivity index (χ3v) is 1.24. The van der Waals surface area contributed by atoms with Crippen molar-refractivity contribution in [3.05, 3.63) is 12.3 Å². The van der Waals surface area contributed by atoms with Gasteiger partial charge in [-0.1, -0.05) is 0 Å². The van der Waals surface area contributed by atoms with Gasteiger partial charge in [-0.25, -0.2) is 0 Å². The van der Waals surface area contributed by atoms with Gasteiger partial charge in [0.2, 0.25) is 0 Å². The van der Waals surface area contributed by atoms with Gasteiger partial charge in [0.15, 0.2) is 0 Å². The van der Waals surface area contributed by atoms with Crippen LogP contribution < -0.4 is 0 Å². The van der Waals surface area contributed by atoms with Gasteiger partial charge >= 0.3 is 53.2 Å². The first-order chi connectivity index (χ1) is 8.67. The Kier molecular flexibility index (Phi) is 37.3. The zero-order valence-electron chi connectivity index (χ0n) is 11.0. The summed E-state index contributed by atoms with van der Waals surface area (Å²) in [6.07, 6.45) is -0.491. The maximum atomic E-state index is 10.1. The summed E-state index contributed by atoms with van der Waals surface area (Å²) in [4.78, 5) is 39.1. The van der Waals surface area contributed by atoms with Gasteiger partial charge in [0.1, 0.15) is 5.78 Å². The first kappa shape index (κ1) is 32.3. The molecule has 12 heteroatoms. The molecule has 0 aliphatic heterocycles. The van der Waals surface area contributed by atoms with Gasteiger partial charge in [-0.2, -0.15) is 0 Å². The maximum Gasteiger partial charge on any atom is -0.693 e. The Bertz CT molecular complexity index is 250. The number of hydrogen-bond acceptors (Lipinski definition) is 4. The number of nitrogens with two attached hydrogens (primary N) is 2. The molecule has 0 rings (SSSR count). The fourth-order valence-electron chi connectivity index (χ4n) is 0.497. The fraction of sp³-hybridized carbons (Fsp3) is 0.556. The van der Waals surface area contributed by atoms with Crippen LogP contribution in [0.2, 0.25) is 0 Å². The predicted octanol–water partition coefficient (Wildman–Crippen LogP) is 3.19. The topological polar surface area (TPSA) is 196 Å². The number of hydrogen-bond donors (Lipinski definition) is 3. The monoisotopic (exact) mass is 531 g/mol. The quantitative estimate of drug-likeness (QED) is 0.467. The van der Waals surface area contributed by atoms with Crippen LogP contribution in [0.5, 0.6) is 0 Å². The van der Waals surface area contributed by atoms with Crippen molar-refractivity contribution >= 4 is 42.5 Å². The van der Waals surface area contributed by atoms with Crippen molar-refractivity contribution in [2.24, 2.45) is 0 Å². The number of carbonyl (C=O) groups is 4. The maximum absolute atomic E-state index is 10.1. The average Bonchev–Trinajstić information content (AvgIpc) is 2.25. The minimum atomic E-state index is -1.08. The standard InChI is InChI=1S/C5H8O3.C4H6O4.2ClH.2H2N.Pt/c1-4(6)2-3-5(7)8;5-3(6)1-2-4(7)8;;;;;/h2-3H2,1H3,(H,7,8);1-2H2,(H,5,6)(H,7,8);2*1H;2*1H2;/q;;;;2*-1;+4/p-2. The largest absolute Gasteiger partial charge is 0.693 e. The molecule has 0 aromatic carbocycles. The molecule has 0 radical (unpaired) electrons. The predicted molar refractivity (Wildman–Crippen MR) is 74.3 cm³/mol. The van der Waals surface area contributed by atoms with E-state index in [1.54, 1.807) is 0 Å². The molecule has 0 aliphatic rings. The minimum Gasteiger partial charge on any atom is -0.693 e. The van der Waals surface area contributed by atoms with Crippen LogP contribution in [-0.4, -0.2) is 39.0 Å². The molecule has 0 aliphatic carbocycles. The zero-order chi connectivity index (χ0) is 15.8.